The average molecular weight is 385 g/mol. The van der Waals surface area contributed by atoms with Gasteiger partial charge in [0.05, 0.1) is 11.2 Å². The number of rotatable bonds is 5. The molecule has 0 saturated carbocycles. The number of alkyl halides is 3. The zero-order chi connectivity index (χ0) is 18.7. The maximum absolute atomic E-state index is 12.4. The summed E-state index contributed by atoms with van der Waals surface area (Å²) >= 11 is 5.85. The molecule has 0 spiro atoms. The predicted molar refractivity (Wildman–Crippen MR) is 89.2 cm³/mol. The van der Waals surface area contributed by atoms with Gasteiger partial charge in [-0.2, -0.15) is 13.2 Å². The Morgan fingerprint density at radius 3 is 2.77 bits per heavy atom. The largest absolute Gasteiger partial charge is 0.482 e. The van der Waals surface area contributed by atoms with Gasteiger partial charge in [0.15, 0.2) is 6.61 Å². The highest BCUT2D eigenvalue weighted by atomic mass is 35.5. The van der Waals surface area contributed by atoms with Gasteiger partial charge in [0.2, 0.25) is 5.91 Å². The third-order valence-electron chi connectivity index (χ3n) is 3.32. The van der Waals surface area contributed by atoms with Crippen LogP contribution in [0.2, 0.25) is 5.02 Å². The first-order valence-electron chi connectivity index (χ1n) is 7.39. The Morgan fingerprint density at radius 1 is 1.23 bits per heavy atom. The van der Waals surface area contributed by atoms with E-state index in [1.807, 2.05) is 0 Å². The van der Waals surface area contributed by atoms with Crippen molar-refractivity contribution in [1.82, 2.24) is 15.0 Å². The van der Waals surface area contributed by atoms with Gasteiger partial charge in [0.25, 0.3) is 0 Å². The fraction of sp³-hybridized carbons (Fsp3) is 0.188. The van der Waals surface area contributed by atoms with Gasteiger partial charge in [-0.05, 0) is 30.3 Å². The Morgan fingerprint density at radius 2 is 2.00 bits per heavy atom. The number of benzene rings is 2. The van der Waals surface area contributed by atoms with Gasteiger partial charge in [-0.15, -0.1) is 5.10 Å². The van der Waals surface area contributed by atoms with Crippen LogP contribution >= 0.6 is 11.6 Å². The molecule has 0 bridgehead atoms. The standard InChI is InChI=1S/C16H12ClF3N4O2/c17-10-5-6-14(26-9-16(18,19)20)12(7-10)21-15(25)8-24-13-4-2-1-3-11(13)22-23-24/h1-7H,8-9H2,(H,21,25). The first-order valence-corrected chi connectivity index (χ1v) is 7.77. The second-order valence-electron chi connectivity index (χ2n) is 5.33. The van der Waals surface area contributed by atoms with Crippen LogP contribution in [0.15, 0.2) is 42.5 Å². The summed E-state index contributed by atoms with van der Waals surface area (Å²) in [5.74, 6) is -0.650. The molecule has 2 aromatic carbocycles. The van der Waals surface area contributed by atoms with E-state index < -0.39 is 18.7 Å². The van der Waals surface area contributed by atoms with E-state index in [0.29, 0.717) is 11.0 Å². The maximum Gasteiger partial charge on any atom is 0.422 e. The Kier molecular flexibility index (Phi) is 4.99. The fourth-order valence-electron chi connectivity index (χ4n) is 2.25. The summed E-state index contributed by atoms with van der Waals surface area (Å²) < 4.78 is 43.2. The van der Waals surface area contributed by atoms with Gasteiger partial charge in [-0.25, -0.2) is 4.68 Å². The number of ether oxygens (including phenoxy) is 1. The number of nitrogens with one attached hydrogen (secondary N) is 1. The van der Waals surface area contributed by atoms with Crippen LogP contribution in [0.4, 0.5) is 18.9 Å². The van der Waals surface area contributed by atoms with Crippen molar-refractivity contribution in [2.75, 3.05) is 11.9 Å². The topological polar surface area (TPSA) is 69.0 Å². The van der Waals surface area contributed by atoms with E-state index in [4.69, 9.17) is 16.3 Å². The number of carbonyl (C=O) groups excluding carboxylic acids is 1. The van der Waals surface area contributed by atoms with Crippen LogP contribution in [0.3, 0.4) is 0 Å². The molecule has 10 heteroatoms. The molecular weight excluding hydrogens is 373 g/mol. The molecule has 1 N–H and O–H groups in total. The molecule has 0 saturated heterocycles. The number of hydrogen-bond acceptors (Lipinski definition) is 4. The molecule has 0 aliphatic rings. The van der Waals surface area contributed by atoms with E-state index in [2.05, 4.69) is 15.6 Å². The van der Waals surface area contributed by atoms with E-state index in [0.717, 1.165) is 0 Å². The van der Waals surface area contributed by atoms with Crippen molar-refractivity contribution in [2.45, 2.75) is 12.7 Å². The Balaban J connectivity index is 1.75. The van der Waals surface area contributed by atoms with Crippen molar-refractivity contribution < 1.29 is 22.7 Å². The van der Waals surface area contributed by atoms with Gasteiger partial charge >= 0.3 is 6.18 Å². The van der Waals surface area contributed by atoms with E-state index >= 15 is 0 Å². The zero-order valence-corrected chi connectivity index (χ0v) is 13.9. The maximum atomic E-state index is 12.4. The molecule has 0 aliphatic carbocycles. The number of aromatic nitrogens is 3. The molecule has 1 amide bonds. The number of nitrogens with zero attached hydrogens (tertiary/aromatic N) is 3. The molecular formula is C16H12ClF3N4O2. The smallest absolute Gasteiger partial charge is 0.422 e. The van der Waals surface area contributed by atoms with Gasteiger partial charge in [-0.3, -0.25) is 4.79 Å². The summed E-state index contributed by atoms with van der Waals surface area (Å²) in [4.78, 5) is 12.3. The Bertz CT molecular complexity index is 943. The average Bonchev–Trinajstić information content (AvgIpc) is 2.96. The van der Waals surface area contributed by atoms with Crippen LogP contribution in [0.5, 0.6) is 5.75 Å². The fourth-order valence-corrected chi connectivity index (χ4v) is 2.42. The van der Waals surface area contributed by atoms with Crippen molar-refractivity contribution >= 4 is 34.2 Å². The van der Waals surface area contributed by atoms with Crippen LogP contribution in [0.1, 0.15) is 0 Å². The summed E-state index contributed by atoms with van der Waals surface area (Å²) in [5.41, 5.74) is 1.32. The van der Waals surface area contributed by atoms with Crippen LogP contribution < -0.4 is 10.1 Å². The van der Waals surface area contributed by atoms with Crippen molar-refractivity contribution in [1.29, 1.82) is 0 Å². The Hall–Kier alpha value is -2.81. The quantitative estimate of drug-likeness (QED) is 0.728. The van der Waals surface area contributed by atoms with Crippen molar-refractivity contribution in [2.24, 2.45) is 0 Å². The lowest BCUT2D eigenvalue weighted by atomic mass is 10.3. The van der Waals surface area contributed by atoms with Crippen LogP contribution in [0.25, 0.3) is 11.0 Å². The first kappa shape index (κ1) is 18.0. The minimum absolute atomic E-state index is 0.0381. The van der Waals surface area contributed by atoms with E-state index in [9.17, 15) is 18.0 Å². The predicted octanol–water partition coefficient (Wildman–Crippen LogP) is 3.66. The van der Waals surface area contributed by atoms with Gasteiger partial charge in [0.1, 0.15) is 17.8 Å². The third kappa shape index (κ3) is 4.42. The lowest BCUT2D eigenvalue weighted by Gasteiger charge is -2.14. The molecule has 0 radical (unpaired) electrons. The summed E-state index contributed by atoms with van der Waals surface area (Å²) in [5, 5.41) is 10.5. The van der Waals surface area contributed by atoms with E-state index in [1.165, 1.54) is 22.9 Å². The minimum Gasteiger partial charge on any atom is -0.482 e. The van der Waals surface area contributed by atoms with Crippen LogP contribution in [-0.2, 0) is 11.3 Å². The van der Waals surface area contributed by atoms with Crippen LogP contribution in [0, 0.1) is 0 Å². The highest BCUT2D eigenvalue weighted by Gasteiger charge is 2.29. The van der Waals surface area contributed by atoms with Crippen LogP contribution in [-0.4, -0.2) is 33.7 Å². The van der Waals surface area contributed by atoms with Gasteiger partial charge in [0, 0.05) is 5.02 Å². The molecule has 136 valence electrons. The highest BCUT2D eigenvalue weighted by Crippen LogP contribution is 2.29. The lowest BCUT2D eigenvalue weighted by molar-refractivity contribution is -0.153. The highest BCUT2D eigenvalue weighted by molar-refractivity contribution is 6.31. The number of fused-ring (bicyclic) bond motifs is 1. The summed E-state index contributed by atoms with van der Waals surface area (Å²) in [6.45, 7) is -1.66. The number of anilines is 1. The molecule has 0 unspecified atom stereocenters. The number of hydrogen-bond donors (Lipinski definition) is 1. The molecule has 1 aromatic heterocycles. The summed E-state index contributed by atoms with van der Waals surface area (Å²) in [6.07, 6.45) is -4.50. The number of amides is 1. The van der Waals surface area contributed by atoms with Crippen molar-refractivity contribution in [3.05, 3.63) is 47.5 Å². The lowest BCUT2D eigenvalue weighted by Crippen LogP contribution is -2.22. The van der Waals surface area contributed by atoms with Gasteiger partial charge < -0.3 is 10.1 Å². The van der Waals surface area contributed by atoms with Crippen molar-refractivity contribution in [3.8, 4) is 5.75 Å². The molecule has 0 atom stereocenters. The van der Waals surface area contributed by atoms with Gasteiger partial charge in [-0.1, -0.05) is 28.9 Å². The second kappa shape index (κ2) is 7.20. The van der Waals surface area contributed by atoms with E-state index in [1.54, 1.807) is 24.3 Å². The number of carbonyl (C=O) groups is 1. The zero-order valence-electron chi connectivity index (χ0n) is 13.1. The molecule has 0 aliphatic heterocycles. The second-order valence-corrected chi connectivity index (χ2v) is 5.76. The molecule has 3 aromatic rings. The minimum atomic E-state index is -4.50. The molecule has 0 fully saturated rings. The molecule has 1 heterocycles. The van der Waals surface area contributed by atoms with Crippen molar-refractivity contribution in [3.63, 3.8) is 0 Å². The SMILES string of the molecule is O=C(Cn1nnc2ccccc21)Nc1cc(Cl)ccc1OCC(F)(F)F. The normalized spacial score (nSPS) is 11.5. The molecule has 6 nitrogen and oxygen atoms in total. The Labute approximate surface area is 150 Å². The summed E-state index contributed by atoms with van der Waals surface area (Å²) in [7, 11) is 0. The number of halogens is 4. The third-order valence-corrected chi connectivity index (χ3v) is 3.56. The monoisotopic (exact) mass is 384 g/mol. The molecule has 26 heavy (non-hydrogen) atoms. The first-order chi connectivity index (χ1) is 12.3. The molecule has 3 rings (SSSR count). The summed E-state index contributed by atoms with van der Waals surface area (Å²) in [6, 6.07) is 11.0. The van der Waals surface area contributed by atoms with E-state index in [-0.39, 0.29) is 23.0 Å². The number of para-hydroxylation sites is 1.